The smallest absolute Gasteiger partial charge is 0.137 e. The summed E-state index contributed by atoms with van der Waals surface area (Å²) in [5.74, 6) is 0. The quantitative estimate of drug-likeness (QED) is 0.186. The van der Waals surface area contributed by atoms with Gasteiger partial charge in [-0.15, -0.1) is 11.3 Å². The molecule has 0 spiro atoms. The second-order valence-corrected chi connectivity index (χ2v) is 13.6. The van der Waals surface area contributed by atoms with Crippen LogP contribution in [0.25, 0.3) is 75.1 Å². The highest BCUT2D eigenvalue weighted by molar-refractivity contribution is 7.26. The van der Waals surface area contributed by atoms with Gasteiger partial charge in [-0.2, -0.15) is 0 Å². The first-order valence-corrected chi connectivity index (χ1v) is 17.4. The van der Waals surface area contributed by atoms with E-state index in [1.807, 2.05) is 23.5 Å². The highest BCUT2D eigenvalue weighted by Gasteiger charge is 2.17. The van der Waals surface area contributed by atoms with Crippen LogP contribution >= 0.6 is 11.3 Å². The highest BCUT2D eigenvalue weighted by atomic mass is 32.1. The van der Waals surface area contributed by atoms with Crippen LogP contribution in [-0.2, 0) is 0 Å². The van der Waals surface area contributed by atoms with Crippen molar-refractivity contribution in [3.8, 4) is 22.3 Å². The van der Waals surface area contributed by atoms with Crippen LogP contribution < -0.4 is 4.90 Å². The molecule has 0 atom stereocenters. The van der Waals surface area contributed by atoms with Crippen molar-refractivity contribution < 1.29 is 4.42 Å². The van der Waals surface area contributed by atoms with Crippen molar-refractivity contribution >= 4 is 81.3 Å². The van der Waals surface area contributed by atoms with Crippen LogP contribution in [-0.4, -0.2) is 0 Å². The molecule has 2 nitrogen and oxygen atoms in total. The molecule has 0 aliphatic heterocycles. The third-order valence-corrected chi connectivity index (χ3v) is 10.8. The summed E-state index contributed by atoms with van der Waals surface area (Å²) < 4.78 is 9.01. The lowest BCUT2D eigenvalue weighted by Gasteiger charge is -2.26. The van der Waals surface area contributed by atoms with Crippen LogP contribution in [0.2, 0.25) is 0 Å². The third kappa shape index (κ3) is 4.70. The number of fused-ring (bicyclic) bond motifs is 8. The normalized spacial score (nSPS) is 11.7. The molecule has 0 amide bonds. The van der Waals surface area contributed by atoms with E-state index in [-0.39, 0.29) is 0 Å². The Morgan fingerprint density at radius 1 is 0.367 bits per heavy atom. The monoisotopic (exact) mass is 643 g/mol. The second-order valence-electron chi connectivity index (χ2n) is 12.6. The number of thiophene rings is 1. The highest BCUT2D eigenvalue weighted by Crippen LogP contribution is 2.42. The van der Waals surface area contributed by atoms with Gasteiger partial charge in [-0.1, -0.05) is 109 Å². The molecule has 0 aliphatic carbocycles. The summed E-state index contributed by atoms with van der Waals surface area (Å²) in [6, 6.07) is 63.2. The number of rotatable bonds is 5. The van der Waals surface area contributed by atoms with E-state index in [0.717, 1.165) is 39.0 Å². The molecule has 49 heavy (non-hydrogen) atoms. The molecule has 0 N–H and O–H groups in total. The summed E-state index contributed by atoms with van der Waals surface area (Å²) in [5.41, 5.74) is 9.75. The maximum absolute atomic E-state index is 6.35. The molecule has 3 heteroatoms. The standard InChI is InChI=1S/C46H29NOS/c1-2-9-30(10-3-1)33-11-8-12-36(27-33)47(37-24-25-39-38-13-4-6-15-42(38)48-43(39)29-37)35-22-19-31(20-23-35)34-18-17-32-21-26-45-46(41(32)28-34)40-14-5-7-16-44(40)49-45/h1-29H. The van der Waals surface area contributed by atoms with E-state index in [1.54, 1.807) is 0 Å². The van der Waals surface area contributed by atoms with Crippen molar-refractivity contribution in [1.82, 2.24) is 0 Å². The van der Waals surface area contributed by atoms with Crippen LogP contribution in [0, 0.1) is 0 Å². The van der Waals surface area contributed by atoms with Gasteiger partial charge in [0.15, 0.2) is 0 Å². The summed E-state index contributed by atoms with van der Waals surface area (Å²) >= 11 is 1.87. The largest absolute Gasteiger partial charge is 0.456 e. The Balaban J connectivity index is 1.10. The molecule has 0 fully saturated rings. The molecule has 0 radical (unpaired) electrons. The van der Waals surface area contributed by atoms with Gasteiger partial charge >= 0.3 is 0 Å². The Morgan fingerprint density at radius 2 is 1.02 bits per heavy atom. The number of para-hydroxylation sites is 1. The molecule has 0 saturated heterocycles. The lowest BCUT2D eigenvalue weighted by Crippen LogP contribution is -2.10. The van der Waals surface area contributed by atoms with Crippen LogP contribution in [0.5, 0.6) is 0 Å². The maximum atomic E-state index is 6.35. The zero-order valence-corrected chi connectivity index (χ0v) is 27.3. The van der Waals surface area contributed by atoms with Gasteiger partial charge in [0.1, 0.15) is 11.2 Å². The SMILES string of the molecule is c1ccc(-c2cccc(N(c3ccc(-c4ccc5ccc6sc7ccccc7c6c5c4)cc3)c3ccc4c(c3)oc3ccccc34)c2)cc1. The van der Waals surface area contributed by atoms with E-state index < -0.39 is 0 Å². The first kappa shape index (κ1) is 27.9. The average molecular weight is 644 g/mol. The minimum absolute atomic E-state index is 0.878. The van der Waals surface area contributed by atoms with E-state index in [9.17, 15) is 0 Å². The molecule has 10 rings (SSSR count). The number of nitrogens with zero attached hydrogens (tertiary/aromatic N) is 1. The molecule has 10 aromatic rings. The van der Waals surface area contributed by atoms with Gasteiger partial charge in [-0.05, 0) is 93.7 Å². The fourth-order valence-corrected chi connectivity index (χ4v) is 8.40. The number of hydrogen-bond acceptors (Lipinski definition) is 3. The first-order valence-electron chi connectivity index (χ1n) is 16.6. The maximum Gasteiger partial charge on any atom is 0.137 e. The predicted molar refractivity (Wildman–Crippen MR) is 210 cm³/mol. The lowest BCUT2D eigenvalue weighted by atomic mass is 9.98. The van der Waals surface area contributed by atoms with Crippen LogP contribution in [0.15, 0.2) is 180 Å². The topological polar surface area (TPSA) is 16.4 Å². The van der Waals surface area contributed by atoms with Crippen LogP contribution in [0.1, 0.15) is 0 Å². The van der Waals surface area contributed by atoms with E-state index >= 15 is 0 Å². The Labute approximate surface area is 287 Å². The first-order chi connectivity index (χ1) is 24.3. The Hall–Kier alpha value is -6.16. The van der Waals surface area contributed by atoms with Crippen molar-refractivity contribution in [1.29, 1.82) is 0 Å². The van der Waals surface area contributed by atoms with Gasteiger partial charge in [-0.3, -0.25) is 0 Å². The van der Waals surface area contributed by atoms with Crippen molar-refractivity contribution in [3.05, 3.63) is 176 Å². The molecule has 0 saturated carbocycles. The Bertz CT molecular complexity index is 2830. The zero-order chi connectivity index (χ0) is 32.3. The number of benzene rings is 8. The number of furan rings is 1. The van der Waals surface area contributed by atoms with Crippen LogP contribution in [0.3, 0.4) is 0 Å². The van der Waals surface area contributed by atoms with E-state index in [2.05, 4.69) is 169 Å². The van der Waals surface area contributed by atoms with Gasteiger partial charge in [0, 0.05) is 54.1 Å². The molecule has 0 aliphatic rings. The predicted octanol–water partition coefficient (Wildman–Crippen LogP) is 13.9. The Kier molecular flexibility index (Phi) is 6.39. The molecule has 230 valence electrons. The molecular weight excluding hydrogens is 615 g/mol. The molecule has 0 bridgehead atoms. The summed E-state index contributed by atoms with van der Waals surface area (Å²) in [4.78, 5) is 2.32. The molecular formula is C46H29NOS. The van der Waals surface area contributed by atoms with Gasteiger partial charge in [0.25, 0.3) is 0 Å². The fraction of sp³-hybridized carbons (Fsp3) is 0. The van der Waals surface area contributed by atoms with Gasteiger partial charge < -0.3 is 9.32 Å². The van der Waals surface area contributed by atoms with Crippen LogP contribution in [0.4, 0.5) is 17.1 Å². The van der Waals surface area contributed by atoms with Crippen molar-refractivity contribution in [3.63, 3.8) is 0 Å². The second kappa shape index (κ2) is 11.2. The third-order valence-electron chi connectivity index (χ3n) is 9.65. The average Bonchev–Trinajstić information content (AvgIpc) is 3.74. The molecule has 2 heterocycles. The van der Waals surface area contributed by atoms with Gasteiger partial charge in [0.05, 0.1) is 0 Å². The summed E-state index contributed by atoms with van der Waals surface area (Å²) in [6.07, 6.45) is 0. The Morgan fingerprint density at radius 3 is 1.92 bits per heavy atom. The summed E-state index contributed by atoms with van der Waals surface area (Å²) in [7, 11) is 0. The summed E-state index contributed by atoms with van der Waals surface area (Å²) in [5, 5.41) is 7.50. The lowest BCUT2D eigenvalue weighted by molar-refractivity contribution is 0.669. The molecule has 8 aromatic carbocycles. The van der Waals surface area contributed by atoms with E-state index in [0.29, 0.717) is 0 Å². The van der Waals surface area contributed by atoms with E-state index in [1.165, 1.54) is 53.2 Å². The number of anilines is 3. The van der Waals surface area contributed by atoms with Crippen molar-refractivity contribution in [2.24, 2.45) is 0 Å². The fourth-order valence-electron chi connectivity index (χ4n) is 7.28. The van der Waals surface area contributed by atoms with Crippen molar-refractivity contribution in [2.75, 3.05) is 4.90 Å². The minimum atomic E-state index is 0.878. The number of hydrogen-bond donors (Lipinski definition) is 0. The summed E-state index contributed by atoms with van der Waals surface area (Å²) in [6.45, 7) is 0. The van der Waals surface area contributed by atoms with Gasteiger partial charge in [0.2, 0.25) is 0 Å². The minimum Gasteiger partial charge on any atom is -0.456 e. The zero-order valence-electron chi connectivity index (χ0n) is 26.5. The molecule has 2 aromatic heterocycles. The van der Waals surface area contributed by atoms with E-state index in [4.69, 9.17) is 4.42 Å². The van der Waals surface area contributed by atoms with Gasteiger partial charge in [-0.25, -0.2) is 0 Å². The van der Waals surface area contributed by atoms with Crippen molar-refractivity contribution in [2.45, 2.75) is 0 Å². The molecule has 0 unspecified atom stereocenters.